The molecule has 28 heavy (non-hydrogen) atoms. The fourth-order valence-corrected chi connectivity index (χ4v) is 4.85. The summed E-state index contributed by atoms with van der Waals surface area (Å²) in [5.74, 6) is 1.84. The number of nitrogens with zero attached hydrogens (tertiary/aromatic N) is 1. The molecule has 0 heterocycles. The second kappa shape index (κ2) is 10.6. The van der Waals surface area contributed by atoms with Gasteiger partial charge in [-0.1, -0.05) is 24.3 Å². The van der Waals surface area contributed by atoms with E-state index >= 15 is 0 Å². The summed E-state index contributed by atoms with van der Waals surface area (Å²) in [6, 6.07) is 8.58. The molecule has 2 aliphatic carbocycles. The number of rotatable bonds is 6. The molecule has 2 fully saturated rings. The quantitative estimate of drug-likeness (QED) is 0.366. The van der Waals surface area contributed by atoms with Crippen LogP contribution in [-0.2, 0) is 0 Å². The van der Waals surface area contributed by atoms with E-state index in [0.29, 0.717) is 30.1 Å². The Morgan fingerprint density at radius 2 is 1.50 bits per heavy atom. The molecule has 150 valence electrons. The van der Waals surface area contributed by atoms with Crippen LogP contribution in [0.15, 0.2) is 48.3 Å². The van der Waals surface area contributed by atoms with E-state index in [1.54, 1.807) is 18.2 Å². The Hall–Kier alpha value is -1.95. The van der Waals surface area contributed by atoms with Gasteiger partial charge in [0.05, 0.1) is 0 Å². The van der Waals surface area contributed by atoms with Crippen molar-refractivity contribution < 1.29 is 8.78 Å². The third kappa shape index (κ3) is 6.30. The molecule has 0 unspecified atom stereocenters. The van der Waals surface area contributed by atoms with Gasteiger partial charge in [0.1, 0.15) is 11.9 Å². The van der Waals surface area contributed by atoms with Crippen LogP contribution in [0.5, 0.6) is 0 Å². The largest absolute Gasteiger partial charge is 0.207 e. The van der Waals surface area contributed by atoms with Gasteiger partial charge in [0.15, 0.2) is 5.83 Å². The smallest absolute Gasteiger partial charge is 0.196 e. The molecule has 2 aliphatic rings. The maximum absolute atomic E-state index is 13.1. The highest BCUT2D eigenvalue weighted by atomic mass is 19.1. The van der Waals surface area contributed by atoms with Crippen molar-refractivity contribution in [3.8, 4) is 6.07 Å². The van der Waals surface area contributed by atoms with Gasteiger partial charge in [-0.25, -0.2) is 4.39 Å². The van der Waals surface area contributed by atoms with E-state index in [4.69, 9.17) is 5.26 Å². The number of hydrogen-bond donors (Lipinski definition) is 0. The highest BCUT2D eigenvalue weighted by molar-refractivity contribution is 5.21. The molecule has 1 nitrogen and oxygen atoms in total. The Morgan fingerprint density at radius 3 is 2.07 bits per heavy atom. The highest BCUT2D eigenvalue weighted by Gasteiger charge is 2.22. The van der Waals surface area contributed by atoms with Crippen molar-refractivity contribution in [2.45, 2.75) is 70.1 Å². The lowest BCUT2D eigenvalue weighted by Gasteiger charge is -2.29. The van der Waals surface area contributed by atoms with Crippen molar-refractivity contribution in [3.63, 3.8) is 0 Å². The third-order valence-corrected chi connectivity index (χ3v) is 6.67. The normalized spacial score (nSPS) is 29.0. The van der Waals surface area contributed by atoms with Crippen molar-refractivity contribution in [2.75, 3.05) is 0 Å². The van der Waals surface area contributed by atoms with E-state index in [-0.39, 0.29) is 5.82 Å². The number of halogens is 2. The van der Waals surface area contributed by atoms with Crippen LogP contribution in [0, 0.1) is 34.9 Å². The lowest BCUT2D eigenvalue weighted by atomic mass is 9.77. The fourth-order valence-electron chi connectivity index (χ4n) is 4.85. The first kappa shape index (κ1) is 20.8. The summed E-state index contributed by atoms with van der Waals surface area (Å²) >= 11 is 0. The summed E-state index contributed by atoms with van der Waals surface area (Å²) in [5.41, 5.74) is 1.28. The SMILES string of the molecule is N#CC(F)=CCC[C@H]1CC[C@H](/C=C/[C@H]2CC[C@H](c3ccc(F)cc3)CC2)CC1. The average Bonchev–Trinajstić information content (AvgIpc) is 2.74. The molecule has 3 rings (SSSR count). The molecule has 1 aromatic rings. The molecule has 1 aromatic carbocycles. The molecule has 0 saturated heterocycles. The number of allylic oxidation sites excluding steroid dienone is 4. The number of benzene rings is 1. The third-order valence-electron chi connectivity index (χ3n) is 6.67. The van der Waals surface area contributed by atoms with Crippen LogP contribution in [0.1, 0.15) is 75.7 Å². The minimum Gasteiger partial charge on any atom is -0.207 e. The van der Waals surface area contributed by atoms with Crippen molar-refractivity contribution in [1.29, 1.82) is 5.26 Å². The van der Waals surface area contributed by atoms with Crippen molar-refractivity contribution in [2.24, 2.45) is 17.8 Å². The molecule has 0 aromatic heterocycles. The van der Waals surface area contributed by atoms with Gasteiger partial charge < -0.3 is 0 Å². The number of nitriles is 1. The first-order valence-corrected chi connectivity index (χ1v) is 10.8. The van der Waals surface area contributed by atoms with Gasteiger partial charge in [0.25, 0.3) is 0 Å². The van der Waals surface area contributed by atoms with Crippen LogP contribution in [-0.4, -0.2) is 0 Å². The first-order valence-electron chi connectivity index (χ1n) is 10.8. The zero-order chi connectivity index (χ0) is 19.8. The van der Waals surface area contributed by atoms with Gasteiger partial charge >= 0.3 is 0 Å². The summed E-state index contributed by atoms with van der Waals surface area (Å²) in [5, 5.41) is 8.44. The molecule has 0 spiro atoms. The lowest BCUT2D eigenvalue weighted by Crippen LogP contribution is -2.14. The van der Waals surface area contributed by atoms with Crippen LogP contribution in [0.3, 0.4) is 0 Å². The maximum atomic E-state index is 13.1. The minimum atomic E-state index is -0.647. The number of hydrogen-bond acceptors (Lipinski definition) is 1. The van der Waals surface area contributed by atoms with Crippen LogP contribution >= 0.6 is 0 Å². The molecule has 0 amide bonds. The second-order valence-electron chi connectivity index (χ2n) is 8.57. The predicted octanol–water partition coefficient (Wildman–Crippen LogP) is 7.62. The van der Waals surface area contributed by atoms with Crippen LogP contribution in [0.2, 0.25) is 0 Å². The zero-order valence-corrected chi connectivity index (χ0v) is 16.6. The van der Waals surface area contributed by atoms with Crippen molar-refractivity contribution >= 4 is 0 Å². The van der Waals surface area contributed by atoms with E-state index in [9.17, 15) is 8.78 Å². The van der Waals surface area contributed by atoms with Gasteiger partial charge in [0, 0.05) is 0 Å². The standard InChI is InChI=1S/C25H31F2N/c26-24-16-14-23(15-17-24)22-12-10-21(11-13-22)9-8-20-6-4-19(5-7-20)2-1-3-25(27)18-28/h3,8-9,14-17,19-22H,1-2,4-7,10-13H2/b9-8+,25-3?/t19-,20-,21-,22-. The van der Waals surface area contributed by atoms with Crippen LogP contribution in [0.4, 0.5) is 8.78 Å². The molecule has 3 heteroatoms. The first-order chi connectivity index (χ1) is 13.6. The minimum absolute atomic E-state index is 0.152. The Kier molecular flexibility index (Phi) is 7.83. The van der Waals surface area contributed by atoms with E-state index in [1.165, 1.54) is 63.0 Å². The van der Waals surface area contributed by atoms with Crippen LogP contribution < -0.4 is 0 Å². The van der Waals surface area contributed by atoms with Crippen molar-refractivity contribution in [3.05, 3.63) is 59.7 Å². The Bertz CT molecular complexity index is 697. The summed E-state index contributed by atoms with van der Waals surface area (Å²) in [6.07, 6.45) is 17.8. The molecule has 0 N–H and O–H groups in total. The Balaban J connectivity index is 1.36. The summed E-state index contributed by atoms with van der Waals surface area (Å²) in [7, 11) is 0. The summed E-state index contributed by atoms with van der Waals surface area (Å²) < 4.78 is 25.9. The monoisotopic (exact) mass is 383 g/mol. The van der Waals surface area contributed by atoms with Gasteiger partial charge in [-0.2, -0.15) is 9.65 Å². The molecular weight excluding hydrogens is 352 g/mol. The lowest BCUT2D eigenvalue weighted by molar-refractivity contribution is 0.295. The van der Waals surface area contributed by atoms with E-state index in [2.05, 4.69) is 12.2 Å². The van der Waals surface area contributed by atoms with E-state index in [1.807, 2.05) is 12.1 Å². The molecule has 2 saturated carbocycles. The molecular formula is C25H31F2N. The highest BCUT2D eigenvalue weighted by Crippen LogP contribution is 2.37. The average molecular weight is 384 g/mol. The fraction of sp³-hybridized carbons (Fsp3) is 0.560. The van der Waals surface area contributed by atoms with E-state index in [0.717, 1.165) is 6.42 Å². The van der Waals surface area contributed by atoms with Gasteiger partial charge in [0.2, 0.25) is 0 Å². The topological polar surface area (TPSA) is 23.8 Å². The zero-order valence-electron chi connectivity index (χ0n) is 16.6. The molecule has 0 bridgehead atoms. The van der Waals surface area contributed by atoms with Gasteiger partial charge in [-0.05, 0) is 112 Å². The van der Waals surface area contributed by atoms with E-state index < -0.39 is 5.83 Å². The van der Waals surface area contributed by atoms with Gasteiger partial charge in [-0.15, -0.1) is 0 Å². The molecule has 0 atom stereocenters. The predicted molar refractivity (Wildman–Crippen MR) is 110 cm³/mol. The summed E-state index contributed by atoms with van der Waals surface area (Å²) in [6.45, 7) is 0. The second-order valence-corrected chi connectivity index (χ2v) is 8.57. The molecule has 0 aliphatic heterocycles. The summed E-state index contributed by atoms with van der Waals surface area (Å²) in [4.78, 5) is 0. The van der Waals surface area contributed by atoms with Crippen LogP contribution in [0.25, 0.3) is 0 Å². The maximum Gasteiger partial charge on any atom is 0.196 e. The Morgan fingerprint density at radius 1 is 0.929 bits per heavy atom. The van der Waals surface area contributed by atoms with Gasteiger partial charge in [-0.3, -0.25) is 0 Å². The molecule has 0 radical (unpaired) electrons. The Labute approximate surface area is 168 Å². The van der Waals surface area contributed by atoms with Crippen molar-refractivity contribution in [1.82, 2.24) is 0 Å².